The summed E-state index contributed by atoms with van der Waals surface area (Å²) in [7, 11) is 0. The maximum absolute atomic E-state index is 12.3. The van der Waals surface area contributed by atoms with Crippen LogP contribution in [0.3, 0.4) is 0 Å². The van der Waals surface area contributed by atoms with Gasteiger partial charge in [-0.3, -0.25) is 0 Å². The molecule has 24 heavy (non-hydrogen) atoms. The number of hydrogen-bond donors (Lipinski definition) is 0. The predicted molar refractivity (Wildman–Crippen MR) is 93.3 cm³/mol. The number of halogens is 2. The largest absolute Gasteiger partial charge is 0.429 e. The molecule has 122 valence electrons. The molecule has 0 amide bonds. The summed E-state index contributed by atoms with van der Waals surface area (Å²) in [6.45, 7) is 3.82. The van der Waals surface area contributed by atoms with Crippen LogP contribution in [0, 0.1) is 13.8 Å². The van der Waals surface area contributed by atoms with Crippen LogP contribution in [0.25, 0.3) is 17.1 Å². The van der Waals surface area contributed by atoms with E-state index in [0.29, 0.717) is 10.6 Å². The summed E-state index contributed by atoms with van der Waals surface area (Å²) in [5, 5.41) is 0.538. The molecule has 3 rings (SSSR count). The highest BCUT2D eigenvalue weighted by atomic mass is 35.5. The number of rotatable bonds is 2. The topological polar surface area (TPSA) is 65.1 Å². The quantitative estimate of drug-likeness (QED) is 0.695. The van der Waals surface area contributed by atoms with Crippen molar-refractivity contribution in [2.75, 3.05) is 0 Å². The lowest BCUT2D eigenvalue weighted by atomic mass is 10.1. The van der Waals surface area contributed by atoms with E-state index in [2.05, 4.69) is 4.98 Å². The van der Waals surface area contributed by atoms with E-state index >= 15 is 0 Å². The van der Waals surface area contributed by atoms with E-state index < -0.39 is 11.4 Å². The van der Waals surface area contributed by atoms with Crippen molar-refractivity contribution in [3.63, 3.8) is 0 Å². The molecule has 0 atom stereocenters. The monoisotopic (exact) mass is 362 g/mol. The van der Waals surface area contributed by atoms with E-state index in [1.165, 1.54) is 18.2 Å². The van der Waals surface area contributed by atoms with Gasteiger partial charge in [0, 0.05) is 5.56 Å². The molecule has 0 fully saturated rings. The molecule has 3 aromatic rings. The fourth-order valence-corrected chi connectivity index (χ4v) is 2.72. The molecular formula is C17H12Cl2N2O3. The Balaban J connectivity index is 2.17. The third kappa shape index (κ3) is 3.13. The molecule has 0 unspecified atom stereocenters. The Morgan fingerprint density at radius 2 is 1.62 bits per heavy atom. The van der Waals surface area contributed by atoms with E-state index in [1.54, 1.807) is 12.1 Å². The summed E-state index contributed by atoms with van der Waals surface area (Å²) in [6.07, 6.45) is 0. The second-order valence-electron chi connectivity index (χ2n) is 5.38. The first-order valence-electron chi connectivity index (χ1n) is 7.03. The summed E-state index contributed by atoms with van der Waals surface area (Å²) in [4.78, 5) is 28.5. The van der Waals surface area contributed by atoms with Gasteiger partial charge in [0.1, 0.15) is 0 Å². The van der Waals surface area contributed by atoms with Gasteiger partial charge in [-0.1, -0.05) is 40.4 Å². The van der Waals surface area contributed by atoms with E-state index in [0.717, 1.165) is 15.7 Å². The highest BCUT2D eigenvalue weighted by molar-refractivity contribution is 6.42. The van der Waals surface area contributed by atoms with E-state index in [4.69, 9.17) is 27.6 Å². The van der Waals surface area contributed by atoms with Crippen molar-refractivity contribution in [3.05, 3.63) is 78.6 Å². The number of nitrogens with zero attached hydrogens (tertiary/aromatic N) is 2. The first-order chi connectivity index (χ1) is 11.3. The maximum Gasteiger partial charge on any atom is 0.429 e. The first kappa shape index (κ1) is 16.5. The Labute approximate surface area is 147 Å². The molecule has 5 nitrogen and oxygen atoms in total. The number of aryl methyl sites for hydroxylation is 2. The van der Waals surface area contributed by atoms with Crippen molar-refractivity contribution in [3.8, 4) is 17.1 Å². The lowest BCUT2D eigenvalue weighted by molar-refractivity contribution is 0.448. The van der Waals surface area contributed by atoms with Crippen LogP contribution in [0.15, 0.2) is 50.4 Å². The summed E-state index contributed by atoms with van der Waals surface area (Å²) in [6, 6.07) is 9.94. The van der Waals surface area contributed by atoms with E-state index in [-0.39, 0.29) is 16.6 Å². The molecule has 0 spiro atoms. The van der Waals surface area contributed by atoms with Crippen molar-refractivity contribution in [2.24, 2.45) is 0 Å². The molecule has 0 aliphatic heterocycles. The third-order valence-electron chi connectivity index (χ3n) is 3.39. The molecular weight excluding hydrogens is 351 g/mol. The minimum absolute atomic E-state index is 0.0203. The normalized spacial score (nSPS) is 10.8. The fourth-order valence-electron chi connectivity index (χ4n) is 2.43. The van der Waals surface area contributed by atoms with Crippen molar-refractivity contribution < 1.29 is 4.42 Å². The Morgan fingerprint density at radius 1 is 0.958 bits per heavy atom. The molecule has 0 saturated carbocycles. The SMILES string of the molecule is Cc1cc(C)cc(-c2nc(=O)n(-c3ccc(Cl)c(Cl)c3)c(=O)o2)c1. The van der Waals surface area contributed by atoms with Gasteiger partial charge < -0.3 is 4.42 Å². The third-order valence-corrected chi connectivity index (χ3v) is 4.12. The summed E-state index contributed by atoms with van der Waals surface area (Å²) < 4.78 is 6.03. The Morgan fingerprint density at radius 3 is 2.21 bits per heavy atom. The van der Waals surface area contributed by atoms with Crippen LogP contribution in [0.2, 0.25) is 10.0 Å². The maximum atomic E-state index is 12.3. The van der Waals surface area contributed by atoms with Crippen LogP contribution in [0.5, 0.6) is 0 Å². The molecule has 0 bridgehead atoms. The van der Waals surface area contributed by atoms with Gasteiger partial charge in [-0.05, 0) is 44.2 Å². The Hall–Kier alpha value is -2.37. The smallest absolute Gasteiger partial charge is 0.390 e. The van der Waals surface area contributed by atoms with E-state index in [9.17, 15) is 9.59 Å². The minimum Gasteiger partial charge on any atom is -0.390 e. The molecule has 2 aromatic carbocycles. The molecule has 0 saturated heterocycles. The predicted octanol–water partition coefficient (Wildman–Crippen LogP) is 3.78. The Kier molecular flexibility index (Phi) is 4.30. The van der Waals surface area contributed by atoms with E-state index in [1.807, 2.05) is 19.9 Å². The average molecular weight is 363 g/mol. The zero-order valence-corrected chi connectivity index (χ0v) is 14.4. The summed E-state index contributed by atoms with van der Waals surface area (Å²) in [5.41, 5.74) is 2.01. The Bertz CT molecular complexity index is 1000. The van der Waals surface area contributed by atoms with Crippen molar-refractivity contribution in [2.45, 2.75) is 13.8 Å². The van der Waals surface area contributed by atoms with Crippen LogP contribution in [0.1, 0.15) is 11.1 Å². The van der Waals surface area contributed by atoms with Crippen molar-refractivity contribution >= 4 is 23.2 Å². The highest BCUT2D eigenvalue weighted by Crippen LogP contribution is 2.23. The lowest BCUT2D eigenvalue weighted by Gasteiger charge is -2.06. The summed E-state index contributed by atoms with van der Waals surface area (Å²) in [5.74, 6) is -0.865. The highest BCUT2D eigenvalue weighted by Gasteiger charge is 2.13. The second-order valence-corrected chi connectivity index (χ2v) is 6.19. The van der Waals surface area contributed by atoms with Gasteiger partial charge in [-0.25, -0.2) is 9.59 Å². The molecule has 0 aliphatic carbocycles. The second kappa shape index (κ2) is 6.26. The van der Waals surface area contributed by atoms with Gasteiger partial charge in [0.2, 0.25) is 5.89 Å². The van der Waals surface area contributed by atoms with Crippen molar-refractivity contribution in [1.82, 2.24) is 9.55 Å². The van der Waals surface area contributed by atoms with Crippen LogP contribution >= 0.6 is 23.2 Å². The molecule has 0 aliphatic rings. The van der Waals surface area contributed by atoms with Crippen LogP contribution in [-0.4, -0.2) is 9.55 Å². The molecule has 7 heteroatoms. The van der Waals surface area contributed by atoms with Gasteiger partial charge in [0.25, 0.3) is 0 Å². The zero-order valence-electron chi connectivity index (χ0n) is 12.8. The van der Waals surface area contributed by atoms with Gasteiger partial charge >= 0.3 is 11.4 Å². The fraction of sp³-hybridized carbons (Fsp3) is 0.118. The number of hydrogen-bond acceptors (Lipinski definition) is 4. The minimum atomic E-state index is -0.845. The number of benzene rings is 2. The lowest BCUT2D eigenvalue weighted by Crippen LogP contribution is -2.33. The van der Waals surface area contributed by atoms with Gasteiger partial charge in [-0.2, -0.15) is 9.55 Å². The van der Waals surface area contributed by atoms with Crippen LogP contribution in [-0.2, 0) is 0 Å². The van der Waals surface area contributed by atoms with Gasteiger partial charge in [0.05, 0.1) is 15.7 Å². The van der Waals surface area contributed by atoms with Gasteiger partial charge in [0.15, 0.2) is 0 Å². The molecule has 1 aromatic heterocycles. The van der Waals surface area contributed by atoms with Gasteiger partial charge in [-0.15, -0.1) is 0 Å². The number of aromatic nitrogens is 2. The standard InChI is InChI=1S/C17H12Cl2N2O3/c1-9-5-10(2)7-11(6-9)15-20-16(22)21(17(23)24-15)12-3-4-13(18)14(19)8-12/h3-8H,1-2H3. The summed E-state index contributed by atoms with van der Waals surface area (Å²) >= 11 is 11.8. The molecule has 0 N–H and O–H groups in total. The average Bonchev–Trinajstić information content (AvgIpc) is 2.49. The van der Waals surface area contributed by atoms with Crippen molar-refractivity contribution in [1.29, 1.82) is 0 Å². The van der Waals surface area contributed by atoms with Crippen LogP contribution < -0.4 is 11.4 Å². The molecule has 1 heterocycles. The molecule has 0 radical (unpaired) electrons. The van der Waals surface area contributed by atoms with Crippen LogP contribution in [0.4, 0.5) is 0 Å². The first-order valence-corrected chi connectivity index (χ1v) is 7.79. The zero-order chi connectivity index (χ0) is 17.4.